The van der Waals surface area contributed by atoms with E-state index >= 15 is 0 Å². The smallest absolute Gasteiger partial charge is 0.411 e. The Kier molecular flexibility index (Phi) is 20.1. The number of amides is 4. The lowest BCUT2D eigenvalue weighted by Crippen LogP contribution is -2.54. The number of carboxylic acid groups (broad SMARTS) is 2. The van der Waals surface area contributed by atoms with Crippen molar-refractivity contribution in [1.29, 1.82) is 0 Å². The van der Waals surface area contributed by atoms with Gasteiger partial charge in [-0.15, -0.1) is 0 Å². The molecule has 0 saturated heterocycles. The molecule has 0 aliphatic rings. The summed E-state index contributed by atoms with van der Waals surface area (Å²) in [6, 6.07) is 22.8. The van der Waals surface area contributed by atoms with Gasteiger partial charge in [0.25, 0.3) is 0 Å². The Morgan fingerprint density at radius 2 is 0.984 bits per heavy atom. The van der Waals surface area contributed by atoms with Gasteiger partial charge in [-0.05, 0) is 90.3 Å². The number of hydrogen-bond acceptors (Lipinski definition) is 10. The van der Waals surface area contributed by atoms with Gasteiger partial charge in [-0.2, -0.15) is 0 Å². The van der Waals surface area contributed by atoms with Crippen LogP contribution >= 0.6 is 0 Å². The van der Waals surface area contributed by atoms with Crippen molar-refractivity contribution >= 4 is 41.9 Å². The molecule has 0 heterocycles. The number of nitrogens with one attached hydrogen (secondary N) is 2. The molecule has 63 heavy (non-hydrogen) atoms. The Labute approximate surface area is 369 Å². The molecule has 0 aliphatic heterocycles. The number of rotatable bonds is 23. The summed E-state index contributed by atoms with van der Waals surface area (Å²) in [5.41, 5.74) is 0.188. The van der Waals surface area contributed by atoms with Crippen LogP contribution < -0.4 is 10.6 Å². The lowest BCUT2D eigenvalue weighted by Gasteiger charge is -2.33. The highest BCUT2D eigenvalue weighted by Gasteiger charge is 2.37. The van der Waals surface area contributed by atoms with Crippen LogP contribution in [0.4, 0.5) is 9.59 Å². The highest BCUT2D eigenvalue weighted by molar-refractivity contribution is 5.90. The Balaban J connectivity index is 1.84. The summed E-state index contributed by atoms with van der Waals surface area (Å²) in [6.07, 6.45) is -2.45. The summed E-state index contributed by atoms with van der Waals surface area (Å²) in [7, 11) is 0. The quantitative estimate of drug-likeness (QED) is 0.0437. The van der Waals surface area contributed by atoms with E-state index in [0.717, 1.165) is 4.90 Å². The maximum absolute atomic E-state index is 14.2. The second-order valence-electron chi connectivity index (χ2n) is 17.0. The third-order valence-electron chi connectivity index (χ3n) is 9.31. The van der Waals surface area contributed by atoms with Crippen LogP contribution in [0.15, 0.2) is 91.0 Å². The van der Waals surface area contributed by atoms with E-state index in [1.807, 2.05) is 6.07 Å². The Bertz CT molecular complexity index is 1950. The van der Waals surface area contributed by atoms with Crippen LogP contribution in [-0.2, 0) is 57.9 Å². The van der Waals surface area contributed by atoms with Gasteiger partial charge in [0.1, 0.15) is 35.9 Å². The largest absolute Gasteiger partial charge is 0.481 e. The maximum atomic E-state index is 14.2. The highest BCUT2D eigenvalue weighted by atomic mass is 16.6. The molecule has 0 radical (unpaired) electrons. The predicted octanol–water partition coefficient (Wildman–Crippen LogP) is 6.84. The lowest BCUT2D eigenvalue weighted by molar-refractivity contribution is -0.150. The normalized spacial score (nSPS) is 12.7. The number of esters is 1. The minimum Gasteiger partial charge on any atom is -0.481 e. The zero-order valence-corrected chi connectivity index (χ0v) is 37.0. The van der Waals surface area contributed by atoms with Gasteiger partial charge < -0.3 is 35.1 Å². The first-order valence-electron chi connectivity index (χ1n) is 21.0. The van der Waals surface area contributed by atoms with Gasteiger partial charge >= 0.3 is 30.1 Å². The van der Waals surface area contributed by atoms with Crippen molar-refractivity contribution in [3.63, 3.8) is 0 Å². The third kappa shape index (κ3) is 19.4. The van der Waals surface area contributed by atoms with E-state index < -0.39 is 84.1 Å². The van der Waals surface area contributed by atoms with E-state index in [1.54, 1.807) is 126 Å². The third-order valence-corrected chi connectivity index (χ3v) is 9.31. The monoisotopic (exact) mass is 874 g/mol. The molecule has 3 atom stereocenters. The van der Waals surface area contributed by atoms with Crippen molar-refractivity contribution in [2.45, 2.75) is 136 Å². The van der Waals surface area contributed by atoms with E-state index in [4.69, 9.17) is 14.2 Å². The number of ether oxygens (including phenoxy) is 3. The van der Waals surface area contributed by atoms with E-state index in [9.17, 15) is 43.8 Å². The minimum atomic E-state index is -1.37. The van der Waals surface area contributed by atoms with Crippen molar-refractivity contribution in [1.82, 2.24) is 20.4 Å². The first kappa shape index (κ1) is 50.9. The van der Waals surface area contributed by atoms with Gasteiger partial charge in [0.15, 0.2) is 0 Å². The molecule has 0 aromatic heterocycles. The number of unbranched alkanes of at least 4 members (excludes halogenated alkanes) is 1. The predicted molar refractivity (Wildman–Crippen MR) is 233 cm³/mol. The van der Waals surface area contributed by atoms with E-state index in [1.165, 1.54) is 4.90 Å². The van der Waals surface area contributed by atoms with E-state index in [0.29, 0.717) is 16.7 Å². The van der Waals surface area contributed by atoms with Gasteiger partial charge in [0, 0.05) is 32.5 Å². The molecule has 0 fully saturated rings. The van der Waals surface area contributed by atoms with Crippen LogP contribution in [0.3, 0.4) is 0 Å². The van der Waals surface area contributed by atoms with Crippen LogP contribution in [0.2, 0.25) is 0 Å². The van der Waals surface area contributed by atoms with E-state index in [2.05, 4.69) is 10.6 Å². The average Bonchev–Trinajstić information content (AvgIpc) is 3.21. The zero-order chi connectivity index (χ0) is 46.6. The summed E-state index contributed by atoms with van der Waals surface area (Å²) < 4.78 is 16.9. The van der Waals surface area contributed by atoms with Gasteiger partial charge in [-0.1, -0.05) is 91.0 Å². The highest BCUT2D eigenvalue weighted by Crippen LogP contribution is 2.21. The summed E-state index contributed by atoms with van der Waals surface area (Å²) in [4.78, 5) is 94.7. The second-order valence-corrected chi connectivity index (χ2v) is 17.0. The Morgan fingerprint density at radius 1 is 0.571 bits per heavy atom. The molecular weight excluding hydrogens is 813 g/mol. The summed E-state index contributed by atoms with van der Waals surface area (Å²) in [5, 5.41) is 24.7. The standard InChI is InChI=1S/C47H62N4O12/c1-46(2,3)62-44(59)50(30-33-18-10-7-11-19-33)37(25-27-39(52)53)41(56)48-29-17-16-24-36(43(58)61-32-35-22-14-9-15-23-35)49-42(57)38(26-28-40(54)55)51(45(60)63-47(4,5)6)31-34-20-12-8-13-21-34/h7-15,18-23,36-38H,16-17,24-32H2,1-6H3,(H,48,56)(H,49,57)(H,52,53)(H,54,55)/t36-,37-,38-/m0/s1. The van der Waals surface area contributed by atoms with Gasteiger partial charge in [0.2, 0.25) is 11.8 Å². The maximum Gasteiger partial charge on any atom is 0.411 e. The number of aliphatic carboxylic acids is 2. The topological polar surface area (TPSA) is 218 Å². The number of carboxylic acids is 2. The van der Waals surface area contributed by atoms with Gasteiger partial charge in [-0.25, -0.2) is 14.4 Å². The molecule has 0 saturated carbocycles. The first-order chi connectivity index (χ1) is 29.7. The molecule has 3 aromatic rings. The van der Waals surface area contributed by atoms with Crippen LogP contribution in [0.25, 0.3) is 0 Å². The molecular formula is C47H62N4O12. The van der Waals surface area contributed by atoms with Crippen molar-refractivity contribution in [2.75, 3.05) is 6.54 Å². The number of hydrogen-bond donors (Lipinski definition) is 4. The van der Waals surface area contributed by atoms with Crippen molar-refractivity contribution in [3.8, 4) is 0 Å². The van der Waals surface area contributed by atoms with Gasteiger partial charge in [-0.3, -0.25) is 29.0 Å². The van der Waals surface area contributed by atoms with E-state index in [-0.39, 0.29) is 58.3 Å². The summed E-state index contributed by atoms with van der Waals surface area (Å²) >= 11 is 0. The molecule has 16 heteroatoms. The molecule has 0 unspecified atom stereocenters. The number of carbonyl (C=O) groups is 7. The number of nitrogens with zero attached hydrogens (tertiary/aromatic N) is 2. The average molecular weight is 875 g/mol. The molecule has 4 amide bonds. The fraction of sp³-hybridized carbons (Fsp3) is 0.468. The lowest BCUT2D eigenvalue weighted by atomic mass is 10.0. The van der Waals surface area contributed by atoms with Crippen LogP contribution in [-0.4, -0.2) is 97.8 Å². The van der Waals surface area contributed by atoms with Gasteiger partial charge in [0.05, 0.1) is 0 Å². The zero-order valence-electron chi connectivity index (χ0n) is 37.0. The fourth-order valence-corrected chi connectivity index (χ4v) is 6.33. The molecule has 0 aliphatic carbocycles. The van der Waals surface area contributed by atoms with Crippen LogP contribution in [0, 0.1) is 0 Å². The van der Waals surface area contributed by atoms with Crippen molar-refractivity contribution in [3.05, 3.63) is 108 Å². The number of benzene rings is 3. The minimum absolute atomic E-state index is 0.0203. The molecule has 3 aromatic carbocycles. The molecule has 0 spiro atoms. The molecule has 0 bridgehead atoms. The number of carbonyl (C=O) groups excluding carboxylic acids is 5. The van der Waals surface area contributed by atoms with Crippen LogP contribution in [0.1, 0.15) is 103 Å². The summed E-state index contributed by atoms with van der Waals surface area (Å²) in [6.45, 7) is 9.88. The molecule has 342 valence electrons. The van der Waals surface area contributed by atoms with Crippen molar-refractivity contribution in [2.24, 2.45) is 0 Å². The SMILES string of the molecule is CC(C)(C)OC(=O)N(Cc1ccccc1)[C@@H](CCC(=O)O)C(=O)NCCCC[C@H](NC(=O)[C@H](CCC(=O)O)N(Cc1ccccc1)C(=O)OC(C)(C)C)C(=O)OCc1ccccc1. The second kappa shape index (κ2) is 24.9. The fourth-order valence-electron chi connectivity index (χ4n) is 6.33. The Morgan fingerprint density at radius 3 is 1.40 bits per heavy atom. The summed E-state index contributed by atoms with van der Waals surface area (Å²) in [5.74, 6) is -4.52. The molecule has 16 nitrogen and oxygen atoms in total. The van der Waals surface area contributed by atoms with Crippen LogP contribution in [0.5, 0.6) is 0 Å². The van der Waals surface area contributed by atoms with Crippen molar-refractivity contribution < 1.29 is 58.0 Å². The molecule has 4 N–H and O–H groups in total. The Hall–Kier alpha value is -6.45. The molecule has 3 rings (SSSR count). The first-order valence-corrected chi connectivity index (χ1v) is 21.0.